The van der Waals surface area contributed by atoms with Gasteiger partial charge in [-0.05, 0) is 37.1 Å². The van der Waals surface area contributed by atoms with Crippen LogP contribution in [0.5, 0.6) is 0 Å². The summed E-state index contributed by atoms with van der Waals surface area (Å²) in [5.74, 6) is 0.850. The van der Waals surface area contributed by atoms with Crippen LogP contribution in [0.15, 0.2) is 0 Å². The fraction of sp³-hybridized carbons (Fsp3) is 1.00. The lowest BCUT2D eigenvalue weighted by atomic mass is 9.69. The average molecular weight is 211 g/mol. The van der Waals surface area contributed by atoms with Gasteiger partial charge in [-0.1, -0.05) is 47.5 Å². The lowest BCUT2D eigenvalue weighted by Gasteiger charge is -2.42. The van der Waals surface area contributed by atoms with Crippen LogP contribution in [0.1, 0.15) is 66.7 Å². The highest BCUT2D eigenvalue weighted by Crippen LogP contribution is 2.41. The van der Waals surface area contributed by atoms with Crippen molar-refractivity contribution in [3.05, 3.63) is 0 Å². The van der Waals surface area contributed by atoms with E-state index in [2.05, 4.69) is 39.9 Å². The van der Waals surface area contributed by atoms with E-state index in [1.54, 1.807) is 0 Å². The first-order valence-corrected chi connectivity index (χ1v) is 6.62. The van der Waals surface area contributed by atoms with Crippen molar-refractivity contribution < 1.29 is 0 Å². The van der Waals surface area contributed by atoms with E-state index in [9.17, 15) is 0 Å². The molecule has 0 aromatic carbocycles. The first kappa shape index (κ1) is 13.0. The van der Waals surface area contributed by atoms with Crippen molar-refractivity contribution in [2.24, 2.45) is 11.3 Å². The van der Waals surface area contributed by atoms with E-state index in [1.165, 1.54) is 38.6 Å². The number of nitrogens with one attached hydrogen (secondary N) is 1. The van der Waals surface area contributed by atoms with Crippen LogP contribution in [0.4, 0.5) is 0 Å². The fourth-order valence-electron chi connectivity index (χ4n) is 2.85. The van der Waals surface area contributed by atoms with Crippen molar-refractivity contribution in [3.8, 4) is 0 Å². The monoisotopic (exact) mass is 211 g/mol. The van der Waals surface area contributed by atoms with Gasteiger partial charge in [0.25, 0.3) is 0 Å². The maximum Gasteiger partial charge on any atom is 0.0230 e. The Morgan fingerprint density at radius 2 is 1.93 bits per heavy atom. The van der Waals surface area contributed by atoms with Gasteiger partial charge in [-0.3, -0.25) is 0 Å². The van der Waals surface area contributed by atoms with Gasteiger partial charge in [0.2, 0.25) is 0 Å². The first-order valence-electron chi connectivity index (χ1n) is 6.62. The van der Waals surface area contributed by atoms with E-state index in [0.717, 1.165) is 5.92 Å². The molecule has 15 heavy (non-hydrogen) atoms. The van der Waals surface area contributed by atoms with Crippen molar-refractivity contribution in [2.45, 2.75) is 72.3 Å². The summed E-state index contributed by atoms with van der Waals surface area (Å²) in [5, 5.41) is 3.78. The van der Waals surface area contributed by atoms with Gasteiger partial charge < -0.3 is 5.32 Å². The Kier molecular flexibility index (Phi) is 4.22. The second-order valence-corrected chi connectivity index (χ2v) is 6.65. The quantitative estimate of drug-likeness (QED) is 0.741. The van der Waals surface area contributed by atoms with E-state index >= 15 is 0 Å². The van der Waals surface area contributed by atoms with Crippen LogP contribution in [0.25, 0.3) is 0 Å². The molecule has 1 nitrogen and oxygen atoms in total. The number of rotatable bonds is 4. The summed E-state index contributed by atoms with van der Waals surface area (Å²) in [5.41, 5.74) is 0.822. The first-order chi connectivity index (χ1) is 6.87. The Hall–Kier alpha value is -0.0400. The summed E-state index contributed by atoms with van der Waals surface area (Å²) in [7, 11) is 0. The summed E-state index contributed by atoms with van der Waals surface area (Å²) in [6, 6.07) is 0. The lowest BCUT2D eigenvalue weighted by Crippen LogP contribution is -2.50. The van der Waals surface area contributed by atoms with Crippen molar-refractivity contribution in [2.75, 3.05) is 6.54 Å². The molecule has 1 rings (SSSR count). The van der Waals surface area contributed by atoms with Crippen molar-refractivity contribution in [3.63, 3.8) is 0 Å². The largest absolute Gasteiger partial charge is 0.311 e. The van der Waals surface area contributed by atoms with Crippen molar-refractivity contribution in [1.29, 1.82) is 0 Å². The molecule has 0 radical (unpaired) electrons. The van der Waals surface area contributed by atoms with E-state index in [-0.39, 0.29) is 0 Å². The molecule has 0 aliphatic carbocycles. The van der Waals surface area contributed by atoms with Crippen LogP contribution in [0.3, 0.4) is 0 Å². The van der Waals surface area contributed by atoms with Gasteiger partial charge in [0.1, 0.15) is 0 Å². The van der Waals surface area contributed by atoms with Crippen LogP contribution in [0.2, 0.25) is 0 Å². The molecule has 1 unspecified atom stereocenters. The van der Waals surface area contributed by atoms with E-state index in [0.29, 0.717) is 11.0 Å². The highest BCUT2D eigenvalue weighted by molar-refractivity contribution is 5.01. The summed E-state index contributed by atoms with van der Waals surface area (Å²) < 4.78 is 0. The SMILES string of the molecule is CC(C)CCCC1(C(C)(C)C)CCCN1. The Morgan fingerprint density at radius 1 is 1.27 bits per heavy atom. The zero-order valence-electron chi connectivity index (χ0n) is 11.3. The maximum absolute atomic E-state index is 3.78. The zero-order valence-corrected chi connectivity index (χ0v) is 11.3. The summed E-state index contributed by atoms with van der Waals surface area (Å²) in [6.07, 6.45) is 6.84. The minimum atomic E-state index is 0.403. The topological polar surface area (TPSA) is 12.0 Å². The van der Waals surface area contributed by atoms with Gasteiger partial charge in [0.05, 0.1) is 0 Å². The van der Waals surface area contributed by atoms with Gasteiger partial charge in [0.15, 0.2) is 0 Å². The van der Waals surface area contributed by atoms with Crippen LogP contribution < -0.4 is 5.32 Å². The summed E-state index contributed by atoms with van der Waals surface area (Å²) in [6.45, 7) is 13.0. The molecule has 0 bridgehead atoms. The van der Waals surface area contributed by atoms with Crippen molar-refractivity contribution >= 4 is 0 Å². The number of hydrogen-bond acceptors (Lipinski definition) is 1. The molecule has 1 heterocycles. The third kappa shape index (κ3) is 3.21. The predicted molar refractivity (Wildman–Crippen MR) is 68.1 cm³/mol. The molecule has 0 amide bonds. The maximum atomic E-state index is 3.78. The molecular weight excluding hydrogens is 182 g/mol. The average Bonchev–Trinajstić information content (AvgIpc) is 2.51. The van der Waals surface area contributed by atoms with Gasteiger partial charge >= 0.3 is 0 Å². The highest BCUT2D eigenvalue weighted by Gasteiger charge is 2.42. The molecule has 1 saturated heterocycles. The van der Waals surface area contributed by atoms with Crippen LogP contribution in [0, 0.1) is 11.3 Å². The number of hydrogen-bond donors (Lipinski definition) is 1. The third-order valence-corrected chi connectivity index (χ3v) is 4.06. The smallest absolute Gasteiger partial charge is 0.0230 e. The Labute approximate surface area is 96.0 Å². The molecule has 0 aromatic heterocycles. The summed E-state index contributed by atoms with van der Waals surface area (Å²) in [4.78, 5) is 0. The normalized spacial score (nSPS) is 27.6. The lowest BCUT2D eigenvalue weighted by molar-refractivity contribution is 0.142. The molecule has 1 atom stereocenters. The Balaban J connectivity index is 2.51. The Morgan fingerprint density at radius 3 is 2.33 bits per heavy atom. The second kappa shape index (κ2) is 4.86. The Bertz CT molecular complexity index is 182. The fourth-order valence-corrected chi connectivity index (χ4v) is 2.85. The van der Waals surface area contributed by atoms with Gasteiger partial charge in [-0.15, -0.1) is 0 Å². The molecule has 1 N–H and O–H groups in total. The van der Waals surface area contributed by atoms with E-state index in [1.807, 2.05) is 0 Å². The third-order valence-electron chi connectivity index (χ3n) is 4.06. The van der Waals surface area contributed by atoms with Gasteiger partial charge in [-0.2, -0.15) is 0 Å². The van der Waals surface area contributed by atoms with Crippen molar-refractivity contribution in [1.82, 2.24) is 5.32 Å². The minimum Gasteiger partial charge on any atom is -0.311 e. The van der Waals surface area contributed by atoms with E-state index < -0.39 is 0 Å². The molecule has 1 heteroatoms. The molecule has 0 aromatic rings. The summed E-state index contributed by atoms with van der Waals surface area (Å²) >= 11 is 0. The molecule has 90 valence electrons. The molecule has 0 spiro atoms. The van der Waals surface area contributed by atoms with Gasteiger partial charge in [-0.25, -0.2) is 0 Å². The predicted octanol–water partition coefficient (Wildman–Crippen LogP) is 3.98. The molecule has 1 aliphatic heterocycles. The molecule has 0 saturated carbocycles. The standard InChI is InChI=1S/C14H29N/c1-12(2)8-6-9-14(13(3,4)5)10-7-11-15-14/h12,15H,6-11H2,1-5H3. The van der Waals surface area contributed by atoms with Gasteiger partial charge in [0, 0.05) is 5.54 Å². The molecule has 1 aliphatic rings. The van der Waals surface area contributed by atoms with Crippen LogP contribution >= 0.6 is 0 Å². The van der Waals surface area contributed by atoms with Crippen LogP contribution in [-0.4, -0.2) is 12.1 Å². The van der Waals surface area contributed by atoms with Crippen LogP contribution in [-0.2, 0) is 0 Å². The minimum absolute atomic E-state index is 0.403. The molecule has 1 fully saturated rings. The highest BCUT2D eigenvalue weighted by atomic mass is 15.0. The second-order valence-electron chi connectivity index (χ2n) is 6.65. The molecular formula is C14H29N. The van der Waals surface area contributed by atoms with E-state index in [4.69, 9.17) is 0 Å². The zero-order chi connectivity index (χ0) is 11.5.